The molecule has 0 radical (unpaired) electrons. The predicted octanol–water partition coefficient (Wildman–Crippen LogP) is 2.25. The van der Waals surface area contributed by atoms with E-state index in [1.807, 2.05) is 0 Å². The molecule has 1 unspecified atom stereocenters. The Kier molecular flexibility index (Phi) is 2.77. The fourth-order valence-electron chi connectivity index (χ4n) is 1.10. The van der Waals surface area contributed by atoms with E-state index in [0.717, 1.165) is 6.42 Å². The topological polar surface area (TPSA) is 35.5 Å². The highest BCUT2D eigenvalue weighted by Crippen LogP contribution is 2.18. The van der Waals surface area contributed by atoms with Crippen molar-refractivity contribution in [2.45, 2.75) is 38.2 Å². The lowest BCUT2D eigenvalue weighted by atomic mass is 10.3. The molecule has 1 fully saturated rings. The van der Waals surface area contributed by atoms with Crippen LogP contribution in [0, 0.1) is 0 Å². The molecule has 1 saturated heterocycles. The zero-order chi connectivity index (χ0) is 9.19. The van der Waals surface area contributed by atoms with Crippen molar-refractivity contribution < 1.29 is 14.3 Å². The minimum absolute atomic E-state index is 0.0178. The van der Waals surface area contributed by atoms with E-state index in [0.29, 0.717) is 6.61 Å². The SMILES string of the molecule is C[Si](C)(C)CCC1COC(=O)O1. The van der Waals surface area contributed by atoms with Crippen LogP contribution in [-0.2, 0) is 9.47 Å². The maximum absolute atomic E-state index is 10.5. The molecule has 1 heterocycles. The highest BCUT2D eigenvalue weighted by molar-refractivity contribution is 6.76. The Morgan fingerprint density at radius 2 is 2.17 bits per heavy atom. The van der Waals surface area contributed by atoms with Gasteiger partial charge in [0.25, 0.3) is 0 Å². The summed E-state index contributed by atoms with van der Waals surface area (Å²) in [4.78, 5) is 10.5. The summed E-state index contributed by atoms with van der Waals surface area (Å²) in [7, 11) is -0.994. The van der Waals surface area contributed by atoms with Crippen LogP contribution in [0.2, 0.25) is 25.7 Å². The maximum Gasteiger partial charge on any atom is 0.508 e. The average Bonchev–Trinajstić information content (AvgIpc) is 2.30. The first-order valence-electron chi connectivity index (χ1n) is 4.31. The molecule has 0 N–H and O–H groups in total. The Hall–Kier alpha value is -0.513. The van der Waals surface area contributed by atoms with Gasteiger partial charge >= 0.3 is 6.16 Å². The van der Waals surface area contributed by atoms with Crippen LogP contribution in [0.1, 0.15) is 6.42 Å². The van der Waals surface area contributed by atoms with Gasteiger partial charge in [0.2, 0.25) is 0 Å². The molecular formula is C8H16O3Si. The fraction of sp³-hybridized carbons (Fsp3) is 0.875. The smallest absolute Gasteiger partial charge is 0.430 e. The summed E-state index contributed by atoms with van der Waals surface area (Å²) in [5.41, 5.74) is 0. The molecule has 0 aromatic heterocycles. The molecule has 1 rings (SSSR count). The van der Waals surface area contributed by atoms with E-state index in [2.05, 4.69) is 24.4 Å². The fourth-order valence-corrected chi connectivity index (χ4v) is 2.29. The Morgan fingerprint density at radius 1 is 1.50 bits per heavy atom. The maximum atomic E-state index is 10.5. The van der Waals surface area contributed by atoms with Gasteiger partial charge in [-0.1, -0.05) is 25.7 Å². The number of cyclic esters (lactones) is 2. The van der Waals surface area contributed by atoms with Crippen molar-refractivity contribution in [1.29, 1.82) is 0 Å². The van der Waals surface area contributed by atoms with Crippen LogP contribution in [0.25, 0.3) is 0 Å². The summed E-state index contributed by atoms with van der Waals surface area (Å²) < 4.78 is 9.60. The highest BCUT2D eigenvalue weighted by atomic mass is 28.3. The van der Waals surface area contributed by atoms with Crippen molar-refractivity contribution in [2.75, 3.05) is 6.61 Å². The molecule has 1 atom stereocenters. The van der Waals surface area contributed by atoms with Gasteiger partial charge in [0, 0.05) is 8.07 Å². The second-order valence-electron chi connectivity index (χ2n) is 4.40. The van der Waals surface area contributed by atoms with Crippen molar-refractivity contribution >= 4 is 14.2 Å². The minimum Gasteiger partial charge on any atom is -0.430 e. The summed E-state index contributed by atoms with van der Waals surface area (Å²) in [6, 6.07) is 1.19. The molecular weight excluding hydrogens is 172 g/mol. The normalized spacial score (nSPS) is 23.6. The molecule has 0 spiro atoms. The number of carbonyl (C=O) groups excluding carboxylic acids is 1. The Bertz CT molecular complexity index is 174. The van der Waals surface area contributed by atoms with E-state index < -0.39 is 14.2 Å². The Labute approximate surface area is 74.1 Å². The number of hydrogen-bond acceptors (Lipinski definition) is 3. The molecule has 0 amide bonds. The molecule has 0 bridgehead atoms. The Morgan fingerprint density at radius 3 is 2.58 bits per heavy atom. The summed E-state index contributed by atoms with van der Waals surface area (Å²) >= 11 is 0. The molecule has 70 valence electrons. The molecule has 3 nitrogen and oxygen atoms in total. The molecule has 12 heavy (non-hydrogen) atoms. The molecule has 0 aromatic carbocycles. The monoisotopic (exact) mass is 188 g/mol. The van der Waals surface area contributed by atoms with E-state index in [1.165, 1.54) is 6.04 Å². The van der Waals surface area contributed by atoms with Gasteiger partial charge in [-0.2, -0.15) is 0 Å². The van der Waals surface area contributed by atoms with Crippen LogP contribution >= 0.6 is 0 Å². The second-order valence-corrected chi connectivity index (χ2v) is 10.0. The molecule has 0 saturated carbocycles. The van der Waals surface area contributed by atoms with E-state index in [1.54, 1.807) is 0 Å². The van der Waals surface area contributed by atoms with E-state index >= 15 is 0 Å². The third kappa shape index (κ3) is 3.26. The van der Waals surface area contributed by atoms with Crippen LogP contribution in [0.5, 0.6) is 0 Å². The minimum atomic E-state index is -0.994. The van der Waals surface area contributed by atoms with E-state index in [-0.39, 0.29) is 6.10 Å². The third-order valence-corrected chi connectivity index (χ3v) is 3.65. The van der Waals surface area contributed by atoms with Gasteiger partial charge in [0.05, 0.1) is 0 Å². The summed E-state index contributed by atoms with van der Waals surface area (Å²) in [6.07, 6.45) is 0.473. The van der Waals surface area contributed by atoms with E-state index in [9.17, 15) is 4.79 Å². The lowest BCUT2D eigenvalue weighted by molar-refractivity contribution is 0.117. The van der Waals surface area contributed by atoms with Gasteiger partial charge in [-0.25, -0.2) is 4.79 Å². The summed E-state index contributed by atoms with van der Waals surface area (Å²) in [5, 5.41) is 0. The van der Waals surface area contributed by atoms with Crippen molar-refractivity contribution in [2.24, 2.45) is 0 Å². The van der Waals surface area contributed by atoms with Crippen molar-refractivity contribution in [1.82, 2.24) is 0 Å². The quantitative estimate of drug-likeness (QED) is 0.503. The van der Waals surface area contributed by atoms with Crippen molar-refractivity contribution in [3.63, 3.8) is 0 Å². The first-order chi connectivity index (χ1) is 5.47. The number of carbonyl (C=O) groups is 1. The van der Waals surface area contributed by atoms with Crippen molar-refractivity contribution in [3.05, 3.63) is 0 Å². The lowest BCUT2D eigenvalue weighted by Gasteiger charge is -2.16. The number of ether oxygens (including phenoxy) is 2. The molecule has 0 aromatic rings. The summed E-state index contributed by atoms with van der Waals surface area (Å²) in [6.45, 7) is 7.38. The lowest BCUT2D eigenvalue weighted by Crippen LogP contribution is -2.22. The number of hydrogen-bond donors (Lipinski definition) is 0. The van der Waals surface area contributed by atoms with Gasteiger partial charge in [0.15, 0.2) is 0 Å². The Balaban J connectivity index is 2.20. The number of rotatable bonds is 3. The predicted molar refractivity (Wildman–Crippen MR) is 49.0 cm³/mol. The molecule has 4 heteroatoms. The van der Waals surface area contributed by atoms with Crippen LogP contribution in [-0.4, -0.2) is 26.9 Å². The zero-order valence-electron chi connectivity index (χ0n) is 7.92. The standard InChI is InChI=1S/C8H16O3Si/c1-12(2,3)5-4-7-6-10-8(9)11-7/h7H,4-6H2,1-3H3. The summed E-state index contributed by atoms with van der Waals surface area (Å²) in [5.74, 6) is 0. The van der Waals surface area contributed by atoms with Gasteiger partial charge < -0.3 is 9.47 Å². The van der Waals surface area contributed by atoms with Gasteiger partial charge in [-0.3, -0.25) is 0 Å². The van der Waals surface area contributed by atoms with Crippen LogP contribution in [0.3, 0.4) is 0 Å². The van der Waals surface area contributed by atoms with E-state index in [4.69, 9.17) is 4.74 Å². The molecule has 0 aliphatic carbocycles. The van der Waals surface area contributed by atoms with Crippen LogP contribution < -0.4 is 0 Å². The van der Waals surface area contributed by atoms with Gasteiger partial charge in [0.1, 0.15) is 12.7 Å². The molecule has 1 aliphatic heterocycles. The second kappa shape index (κ2) is 3.47. The molecule has 1 aliphatic rings. The first kappa shape index (κ1) is 9.57. The van der Waals surface area contributed by atoms with Crippen molar-refractivity contribution in [3.8, 4) is 0 Å². The van der Waals surface area contributed by atoms with Gasteiger partial charge in [-0.15, -0.1) is 0 Å². The highest BCUT2D eigenvalue weighted by Gasteiger charge is 2.26. The first-order valence-corrected chi connectivity index (χ1v) is 8.01. The third-order valence-electron chi connectivity index (χ3n) is 1.87. The van der Waals surface area contributed by atoms with Gasteiger partial charge in [-0.05, 0) is 6.42 Å². The zero-order valence-corrected chi connectivity index (χ0v) is 8.92. The van der Waals surface area contributed by atoms with Crippen LogP contribution in [0.4, 0.5) is 4.79 Å². The van der Waals surface area contributed by atoms with Crippen LogP contribution in [0.15, 0.2) is 0 Å². The largest absolute Gasteiger partial charge is 0.508 e. The average molecular weight is 188 g/mol.